The van der Waals surface area contributed by atoms with E-state index in [0.29, 0.717) is 24.4 Å². The van der Waals surface area contributed by atoms with Crippen LogP contribution in [0.25, 0.3) is 11.5 Å². The minimum Gasteiger partial charge on any atom is -0.466 e. The molecular weight excluding hydrogens is 364 g/mol. The molecule has 4 aromatic rings. The molecule has 0 saturated carbocycles. The smallest absolute Gasteiger partial charge is 0.258 e. The zero-order valence-corrected chi connectivity index (χ0v) is 16.7. The maximum atomic E-state index is 13.1. The molecule has 5 rings (SSSR count). The van der Waals surface area contributed by atoms with Crippen LogP contribution in [-0.4, -0.2) is 25.2 Å². The van der Waals surface area contributed by atoms with Crippen molar-refractivity contribution >= 4 is 5.91 Å². The van der Waals surface area contributed by atoms with Crippen LogP contribution in [0.15, 0.2) is 59.3 Å². The fourth-order valence-electron chi connectivity index (χ4n) is 4.04. The van der Waals surface area contributed by atoms with Gasteiger partial charge in [-0.1, -0.05) is 12.1 Å². The minimum atomic E-state index is -0.0158. The number of amides is 1. The number of nitrogens with zero attached hydrogens (tertiary/aromatic N) is 4. The van der Waals surface area contributed by atoms with Gasteiger partial charge in [-0.15, -0.1) is 0 Å². The van der Waals surface area contributed by atoms with Gasteiger partial charge in [-0.2, -0.15) is 5.10 Å². The zero-order chi connectivity index (χ0) is 20.1. The van der Waals surface area contributed by atoms with E-state index in [1.54, 1.807) is 0 Å². The highest BCUT2D eigenvalue weighted by atomic mass is 16.3. The number of rotatable bonds is 3. The second kappa shape index (κ2) is 6.51. The van der Waals surface area contributed by atoms with Crippen molar-refractivity contribution in [3.05, 3.63) is 88.8 Å². The Bertz CT molecular complexity index is 1210. The van der Waals surface area contributed by atoms with Gasteiger partial charge in [-0.3, -0.25) is 4.79 Å². The topological polar surface area (TPSA) is 56.2 Å². The van der Waals surface area contributed by atoms with Crippen LogP contribution in [0, 0.1) is 20.8 Å². The SMILES string of the molecule is Cc1cccc(-n2nc3c(c2-n2cccc2)CN(C(=O)c2cc(C)oc2C)C3)c1. The van der Waals surface area contributed by atoms with Crippen LogP contribution in [0.4, 0.5) is 0 Å². The van der Waals surface area contributed by atoms with Crippen molar-refractivity contribution in [3.8, 4) is 11.5 Å². The number of aryl methyl sites for hydroxylation is 3. The van der Waals surface area contributed by atoms with Crippen LogP contribution >= 0.6 is 0 Å². The highest BCUT2D eigenvalue weighted by Crippen LogP contribution is 2.32. The van der Waals surface area contributed by atoms with E-state index >= 15 is 0 Å². The largest absolute Gasteiger partial charge is 0.466 e. The van der Waals surface area contributed by atoms with E-state index in [2.05, 4.69) is 29.7 Å². The summed E-state index contributed by atoms with van der Waals surface area (Å²) in [5.74, 6) is 2.37. The van der Waals surface area contributed by atoms with Gasteiger partial charge in [0.2, 0.25) is 0 Å². The number of hydrogen-bond acceptors (Lipinski definition) is 3. The summed E-state index contributed by atoms with van der Waals surface area (Å²) < 4.78 is 9.60. The fraction of sp³-hybridized carbons (Fsp3) is 0.217. The number of hydrogen-bond donors (Lipinski definition) is 0. The molecule has 6 heteroatoms. The standard InChI is InChI=1S/C23H22N4O2/c1-15-7-6-8-18(11-15)27-22(25-9-4-5-10-25)20-13-26(14-21(20)24-27)23(28)19-12-16(2)29-17(19)3/h4-12H,13-14H2,1-3H3. The van der Waals surface area contributed by atoms with E-state index in [4.69, 9.17) is 9.52 Å². The van der Waals surface area contributed by atoms with Crippen LogP contribution < -0.4 is 0 Å². The predicted molar refractivity (Wildman–Crippen MR) is 109 cm³/mol. The predicted octanol–water partition coefficient (Wildman–Crippen LogP) is 4.34. The molecule has 6 nitrogen and oxygen atoms in total. The summed E-state index contributed by atoms with van der Waals surface area (Å²) in [6, 6.07) is 14.1. The van der Waals surface area contributed by atoms with Gasteiger partial charge in [0.1, 0.15) is 17.3 Å². The molecule has 0 atom stereocenters. The van der Waals surface area contributed by atoms with Crippen LogP contribution in [0.1, 0.15) is 38.7 Å². The van der Waals surface area contributed by atoms with Crippen molar-refractivity contribution in [2.24, 2.45) is 0 Å². The first-order valence-corrected chi connectivity index (χ1v) is 9.69. The van der Waals surface area contributed by atoms with Crippen molar-refractivity contribution in [3.63, 3.8) is 0 Å². The quantitative estimate of drug-likeness (QED) is 0.526. The highest BCUT2D eigenvalue weighted by molar-refractivity contribution is 5.95. The molecule has 1 amide bonds. The van der Waals surface area contributed by atoms with E-state index in [-0.39, 0.29) is 5.91 Å². The zero-order valence-electron chi connectivity index (χ0n) is 16.7. The summed E-state index contributed by atoms with van der Waals surface area (Å²) >= 11 is 0. The number of furan rings is 1. The fourth-order valence-corrected chi connectivity index (χ4v) is 4.04. The summed E-state index contributed by atoms with van der Waals surface area (Å²) in [7, 11) is 0. The Morgan fingerprint density at radius 3 is 2.52 bits per heavy atom. The number of aromatic nitrogens is 3. The van der Waals surface area contributed by atoms with Gasteiger partial charge < -0.3 is 13.9 Å². The summed E-state index contributed by atoms with van der Waals surface area (Å²) in [6.07, 6.45) is 4.02. The Morgan fingerprint density at radius 2 is 1.83 bits per heavy atom. The molecule has 0 spiro atoms. The molecule has 3 aromatic heterocycles. The summed E-state index contributed by atoms with van der Waals surface area (Å²) in [5, 5.41) is 4.89. The summed E-state index contributed by atoms with van der Waals surface area (Å²) in [6.45, 7) is 6.78. The molecule has 1 aromatic carbocycles. The number of benzene rings is 1. The van der Waals surface area contributed by atoms with Crippen LogP contribution in [0.2, 0.25) is 0 Å². The van der Waals surface area contributed by atoms with Crippen LogP contribution in [0.5, 0.6) is 0 Å². The van der Waals surface area contributed by atoms with E-state index in [1.165, 1.54) is 5.56 Å². The van der Waals surface area contributed by atoms with Gasteiger partial charge in [-0.05, 0) is 56.7 Å². The molecule has 1 aliphatic rings. The highest BCUT2D eigenvalue weighted by Gasteiger charge is 2.33. The molecule has 4 heterocycles. The molecule has 0 N–H and O–H groups in total. The first kappa shape index (κ1) is 17.6. The first-order valence-electron chi connectivity index (χ1n) is 9.69. The van der Waals surface area contributed by atoms with Crippen LogP contribution in [0.3, 0.4) is 0 Å². The third-order valence-electron chi connectivity index (χ3n) is 5.38. The maximum absolute atomic E-state index is 13.1. The first-order chi connectivity index (χ1) is 14.0. The van der Waals surface area contributed by atoms with E-state index in [1.807, 2.05) is 60.1 Å². The molecule has 0 bridgehead atoms. The number of carbonyl (C=O) groups excluding carboxylic acids is 1. The monoisotopic (exact) mass is 386 g/mol. The second-order valence-corrected chi connectivity index (χ2v) is 7.58. The summed E-state index contributed by atoms with van der Waals surface area (Å²) in [4.78, 5) is 14.9. The minimum absolute atomic E-state index is 0.0158. The lowest BCUT2D eigenvalue weighted by molar-refractivity contribution is 0.0747. The number of carbonyl (C=O) groups is 1. The lowest BCUT2D eigenvalue weighted by Crippen LogP contribution is -2.26. The van der Waals surface area contributed by atoms with Gasteiger partial charge in [0.15, 0.2) is 0 Å². The summed E-state index contributed by atoms with van der Waals surface area (Å²) in [5.41, 5.74) is 4.83. The molecule has 0 unspecified atom stereocenters. The Labute approximate surface area is 169 Å². The van der Waals surface area contributed by atoms with E-state index < -0.39 is 0 Å². The molecule has 29 heavy (non-hydrogen) atoms. The molecular formula is C23H22N4O2. The van der Waals surface area contributed by atoms with Gasteiger partial charge in [0.05, 0.1) is 30.0 Å². The van der Waals surface area contributed by atoms with Crippen LogP contribution in [-0.2, 0) is 13.1 Å². The lowest BCUT2D eigenvalue weighted by Gasteiger charge is -2.17. The van der Waals surface area contributed by atoms with Gasteiger partial charge in [-0.25, -0.2) is 4.68 Å². The Kier molecular flexibility index (Phi) is 3.94. The van der Waals surface area contributed by atoms with E-state index in [0.717, 1.165) is 28.5 Å². The molecule has 0 fully saturated rings. The molecule has 0 aliphatic carbocycles. The third kappa shape index (κ3) is 2.88. The van der Waals surface area contributed by atoms with Gasteiger partial charge in [0.25, 0.3) is 5.91 Å². The second-order valence-electron chi connectivity index (χ2n) is 7.58. The van der Waals surface area contributed by atoms with Crippen molar-refractivity contribution in [2.75, 3.05) is 0 Å². The normalized spacial score (nSPS) is 13.1. The third-order valence-corrected chi connectivity index (χ3v) is 5.38. The number of fused-ring (bicyclic) bond motifs is 1. The van der Waals surface area contributed by atoms with Crippen molar-refractivity contribution < 1.29 is 9.21 Å². The van der Waals surface area contributed by atoms with Crippen molar-refractivity contribution in [1.29, 1.82) is 0 Å². The van der Waals surface area contributed by atoms with E-state index in [9.17, 15) is 4.79 Å². The molecule has 1 aliphatic heterocycles. The Balaban J connectivity index is 1.56. The average molecular weight is 386 g/mol. The van der Waals surface area contributed by atoms with Crippen molar-refractivity contribution in [2.45, 2.75) is 33.9 Å². The molecule has 0 radical (unpaired) electrons. The van der Waals surface area contributed by atoms with Crippen molar-refractivity contribution in [1.82, 2.24) is 19.2 Å². The molecule has 146 valence electrons. The molecule has 0 saturated heterocycles. The van der Waals surface area contributed by atoms with Gasteiger partial charge in [0, 0.05) is 18.0 Å². The maximum Gasteiger partial charge on any atom is 0.258 e. The Morgan fingerprint density at radius 1 is 1.03 bits per heavy atom. The Hall–Kier alpha value is -3.54. The van der Waals surface area contributed by atoms with Gasteiger partial charge >= 0.3 is 0 Å². The average Bonchev–Trinajstić information content (AvgIpc) is 3.44. The lowest BCUT2D eigenvalue weighted by atomic mass is 10.2.